The second kappa shape index (κ2) is 11.3. The highest BCUT2D eigenvalue weighted by Gasteiger charge is 2.36. The summed E-state index contributed by atoms with van der Waals surface area (Å²) in [5.74, 6) is -6.76. The van der Waals surface area contributed by atoms with E-state index in [0.29, 0.717) is 37.5 Å². The lowest BCUT2D eigenvalue weighted by atomic mass is 10.2. The Bertz CT molecular complexity index is 1520. The Kier molecular flexibility index (Phi) is 8.09. The highest BCUT2D eigenvalue weighted by Crippen LogP contribution is 2.37. The predicted molar refractivity (Wildman–Crippen MR) is 136 cm³/mol. The van der Waals surface area contributed by atoms with Crippen molar-refractivity contribution in [3.05, 3.63) is 97.7 Å². The molecule has 4 rings (SSSR count). The lowest BCUT2D eigenvalue weighted by molar-refractivity contribution is -0.387. The molecular weight excluding hydrogens is 567 g/mol. The Morgan fingerprint density at radius 1 is 1.08 bits per heavy atom. The average molecular weight is 580 g/mol. The minimum absolute atomic E-state index is 0.103. The lowest BCUT2D eigenvalue weighted by Gasteiger charge is -2.13. The Hall–Kier alpha value is -3.81. The quantitative estimate of drug-likeness (QED) is 0.147. The molecule has 8 nitrogen and oxygen atoms in total. The number of nitro groups is 1. The maximum atomic E-state index is 13.8. The van der Waals surface area contributed by atoms with E-state index in [4.69, 9.17) is 11.6 Å². The summed E-state index contributed by atoms with van der Waals surface area (Å²) in [7, 11) is 0. The van der Waals surface area contributed by atoms with E-state index in [2.05, 4.69) is 0 Å². The number of nitro benzene ring substituents is 1. The van der Waals surface area contributed by atoms with Crippen LogP contribution in [-0.4, -0.2) is 33.4 Å². The first kappa shape index (κ1) is 27.2. The zero-order valence-electron chi connectivity index (χ0n) is 18.7. The van der Waals surface area contributed by atoms with Gasteiger partial charge < -0.3 is 5.32 Å². The van der Waals surface area contributed by atoms with E-state index in [1.807, 2.05) is 5.32 Å². The summed E-state index contributed by atoms with van der Waals surface area (Å²) in [6.45, 7) is -0.822. The van der Waals surface area contributed by atoms with Gasteiger partial charge in [0.2, 0.25) is 5.91 Å². The van der Waals surface area contributed by atoms with Crippen molar-refractivity contribution in [3.8, 4) is 0 Å². The number of benzene rings is 3. The first-order valence-electron chi connectivity index (χ1n) is 10.4. The zero-order valence-corrected chi connectivity index (χ0v) is 21.1. The number of carbonyl (C=O) groups is 3. The molecule has 3 aromatic rings. The normalized spacial score (nSPS) is 14.3. The van der Waals surface area contributed by atoms with Crippen molar-refractivity contribution in [2.45, 2.75) is 9.79 Å². The Balaban J connectivity index is 1.50. The van der Waals surface area contributed by atoms with Gasteiger partial charge >= 0.3 is 0 Å². The third-order valence-electron chi connectivity index (χ3n) is 5.00. The van der Waals surface area contributed by atoms with E-state index in [9.17, 15) is 37.7 Å². The van der Waals surface area contributed by atoms with Crippen LogP contribution < -0.4 is 5.32 Å². The van der Waals surface area contributed by atoms with Crippen molar-refractivity contribution < 1.29 is 32.5 Å². The molecular formula is C24H13ClF3N3O5S2. The molecule has 0 bridgehead atoms. The molecule has 1 aliphatic heterocycles. The molecule has 0 radical (unpaired) electrons. The summed E-state index contributed by atoms with van der Waals surface area (Å²) >= 11 is 7.51. The number of amides is 3. The Labute approximate surface area is 226 Å². The van der Waals surface area contributed by atoms with E-state index in [1.165, 1.54) is 24.3 Å². The number of hydrogen-bond acceptors (Lipinski definition) is 7. The van der Waals surface area contributed by atoms with Crippen molar-refractivity contribution >= 4 is 69.6 Å². The number of nitrogens with zero attached hydrogens (tertiary/aromatic N) is 2. The molecule has 0 atom stereocenters. The smallest absolute Gasteiger partial charge is 0.294 e. The SMILES string of the molecule is O=C(CN1C(=O)SC(=Cc2ccc(Sc3ccc(Cl)cc3)c([N+](=O)[O-])c2)C1=O)Nc1ccc(F)c(F)c1F. The summed E-state index contributed by atoms with van der Waals surface area (Å²) in [5.41, 5.74) is -0.637. The third kappa shape index (κ3) is 6.01. The first-order chi connectivity index (χ1) is 18.0. The third-order valence-corrected chi connectivity index (χ3v) is 7.24. The number of nitrogens with one attached hydrogen (secondary N) is 1. The number of rotatable bonds is 7. The van der Waals surface area contributed by atoms with Gasteiger partial charge in [-0.3, -0.25) is 29.4 Å². The van der Waals surface area contributed by atoms with Crippen LogP contribution in [-0.2, 0) is 9.59 Å². The number of carbonyl (C=O) groups excluding carboxylic acids is 3. The summed E-state index contributed by atoms with van der Waals surface area (Å²) in [5, 5.41) is 13.3. The van der Waals surface area contributed by atoms with Gasteiger partial charge in [-0.2, -0.15) is 0 Å². The Morgan fingerprint density at radius 2 is 1.79 bits per heavy atom. The van der Waals surface area contributed by atoms with Crippen LogP contribution in [0.15, 0.2) is 69.3 Å². The van der Waals surface area contributed by atoms with Crippen LogP contribution in [0.5, 0.6) is 0 Å². The van der Waals surface area contributed by atoms with Crippen molar-refractivity contribution in [2.24, 2.45) is 0 Å². The van der Waals surface area contributed by atoms with Crippen molar-refractivity contribution in [1.82, 2.24) is 4.90 Å². The highest BCUT2D eigenvalue weighted by atomic mass is 35.5. The molecule has 194 valence electrons. The maximum absolute atomic E-state index is 13.8. The number of imide groups is 1. The lowest BCUT2D eigenvalue weighted by Crippen LogP contribution is -2.36. The fraction of sp³-hybridized carbons (Fsp3) is 0.0417. The van der Waals surface area contributed by atoms with Gasteiger partial charge in [0.25, 0.3) is 16.8 Å². The van der Waals surface area contributed by atoms with Gasteiger partial charge in [0.05, 0.1) is 20.4 Å². The van der Waals surface area contributed by atoms with Crippen molar-refractivity contribution in [2.75, 3.05) is 11.9 Å². The standard InChI is InChI=1S/C24H13ClF3N3O5S2/c25-13-2-4-14(5-3-13)37-18-8-1-12(9-17(18)31(35)36)10-19-23(33)30(24(34)38-19)11-20(32)29-16-7-6-15(26)21(27)22(16)28/h1-10H,11H2,(H,29,32). The predicted octanol–water partition coefficient (Wildman–Crippen LogP) is 6.49. The van der Waals surface area contributed by atoms with Gasteiger partial charge in [0.1, 0.15) is 6.54 Å². The van der Waals surface area contributed by atoms with E-state index in [-0.39, 0.29) is 16.2 Å². The summed E-state index contributed by atoms with van der Waals surface area (Å²) in [6.07, 6.45) is 1.27. The molecule has 38 heavy (non-hydrogen) atoms. The van der Waals surface area contributed by atoms with Crippen LogP contribution in [0, 0.1) is 27.6 Å². The van der Waals surface area contributed by atoms with Crippen LogP contribution in [0.2, 0.25) is 5.02 Å². The molecule has 1 N–H and O–H groups in total. The number of anilines is 1. The highest BCUT2D eigenvalue weighted by molar-refractivity contribution is 8.18. The molecule has 1 heterocycles. The van der Waals surface area contributed by atoms with Gasteiger partial charge in [-0.1, -0.05) is 29.4 Å². The van der Waals surface area contributed by atoms with Crippen molar-refractivity contribution in [3.63, 3.8) is 0 Å². The topological polar surface area (TPSA) is 110 Å². The molecule has 0 spiro atoms. The maximum Gasteiger partial charge on any atom is 0.294 e. The molecule has 1 fully saturated rings. The molecule has 3 amide bonds. The van der Waals surface area contributed by atoms with E-state index in [0.717, 1.165) is 17.8 Å². The minimum Gasteiger partial charge on any atom is -0.322 e. The van der Waals surface area contributed by atoms with Gasteiger partial charge in [-0.15, -0.1) is 0 Å². The fourth-order valence-electron chi connectivity index (χ4n) is 3.23. The van der Waals surface area contributed by atoms with E-state index < -0.39 is 51.7 Å². The molecule has 1 saturated heterocycles. The minimum atomic E-state index is -1.79. The largest absolute Gasteiger partial charge is 0.322 e. The van der Waals surface area contributed by atoms with Gasteiger partial charge in [-0.05, 0) is 65.9 Å². The molecule has 3 aromatic carbocycles. The fourth-order valence-corrected chi connectivity index (χ4v) is 5.09. The number of hydrogen-bond donors (Lipinski definition) is 1. The van der Waals surface area contributed by atoms with Gasteiger partial charge in [0.15, 0.2) is 17.5 Å². The van der Waals surface area contributed by atoms with Gasteiger partial charge in [-0.25, -0.2) is 13.2 Å². The van der Waals surface area contributed by atoms with E-state index in [1.54, 1.807) is 24.3 Å². The average Bonchev–Trinajstić information content (AvgIpc) is 3.13. The number of thioether (sulfide) groups is 1. The van der Waals surface area contributed by atoms with Crippen LogP contribution in [0.1, 0.15) is 5.56 Å². The summed E-state index contributed by atoms with van der Waals surface area (Å²) in [4.78, 5) is 49.9. The molecule has 0 unspecified atom stereocenters. The van der Waals surface area contributed by atoms with Crippen LogP contribution >= 0.6 is 35.1 Å². The van der Waals surface area contributed by atoms with Crippen molar-refractivity contribution in [1.29, 1.82) is 0 Å². The first-order valence-corrected chi connectivity index (χ1v) is 12.4. The molecule has 1 aliphatic rings. The number of halogens is 4. The molecule has 0 saturated carbocycles. The molecule has 0 aliphatic carbocycles. The zero-order chi connectivity index (χ0) is 27.6. The summed E-state index contributed by atoms with van der Waals surface area (Å²) in [6, 6.07) is 12.4. The second-order valence-corrected chi connectivity index (χ2v) is 10.1. The van der Waals surface area contributed by atoms with Crippen LogP contribution in [0.4, 0.5) is 29.3 Å². The summed E-state index contributed by atoms with van der Waals surface area (Å²) < 4.78 is 40.3. The van der Waals surface area contributed by atoms with E-state index >= 15 is 0 Å². The van der Waals surface area contributed by atoms with Crippen LogP contribution in [0.25, 0.3) is 6.08 Å². The Morgan fingerprint density at radius 3 is 2.47 bits per heavy atom. The molecule has 14 heteroatoms. The van der Waals surface area contributed by atoms with Crippen LogP contribution in [0.3, 0.4) is 0 Å². The monoisotopic (exact) mass is 579 g/mol. The second-order valence-electron chi connectivity index (χ2n) is 7.58. The van der Waals surface area contributed by atoms with Gasteiger partial charge in [0, 0.05) is 16.0 Å². The molecule has 0 aromatic heterocycles.